The Kier molecular flexibility index (Phi) is 4.97. The zero-order valence-corrected chi connectivity index (χ0v) is 14.0. The van der Waals surface area contributed by atoms with E-state index in [1.54, 1.807) is 24.3 Å². The van der Waals surface area contributed by atoms with Gasteiger partial charge in [-0.1, -0.05) is 12.1 Å². The predicted octanol–water partition coefficient (Wildman–Crippen LogP) is 2.91. The molecule has 2 N–H and O–H groups in total. The first-order chi connectivity index (χ1) is 11.5. The van der Waals surface area contributed by atoms with E-state index in [1.165, 1.54) is 6.92 Å². The lowest BCUT2D eigenvalue weighted by Crippen LogP contribution is -2.36. The molecule has 0 spiro atoms. The highest BCUT2D eigenvalue weighted by atomic mass is 16.2. The normalized spacial score (nSPS) is 23.4. The number of hydrogen-bond acceptors (Lipinski definition) is 3. The molecule has 5 nitrogen and oxygen atoms in total. The number of Topliss-reactive ketones (excluding diaryl/α,β-unsaturated/α-hetero) is 1. The van der Waals surface area contributed by atoms with Crippen molar-refractivity contribution in [3.63, 3.8) is 0 Å². The summed E-state index contributed by atoms with van der Waals surface area (Å²) in [6, 6.07) is 7.40. The molecule has 0 radical (unpaired) electrons. The Morgan fingerprint density at radius 1 is 0.917 bits per heavy atom. The minimum Gasteiger partial charge on any atom is -0.353 e. The van der Waals surface area contributed by atoms with Gasteiger partial charge in [0.15, 0.2) is 5.78 Å². The highest BCUT2D eigenvalue weighted by Crippen LogP contribution is 2.31. The molecule has 1 aromatic carbocycles. The molecule has 0 aliphatic heterocycles. The van der Waals surface area contributed by atoms with Gasteiger partial charge in [-0.05, 0) is 57.6 Å². The van der Waals surface area contributed by atoms with Gasteiger partial charge in [-0.25, -0.2) is 0 Å². The second-order valence-corrected chi connectivity index (χ2v) is 6.96. The van der Waals surface area contributed by atoms with Gasteiger partial charge in [0.05, 0.1) is 0 Å². The van der Waals surface area contributed by atoms with E-state index < -0.39 is 0 Å². The Morgan fingerprint density at radius 3 is 2.12 bits per heavy atom. The van der Waals surface area contributed by atoms with Crippen LogP contribution < -0.4 is 10.6 Å². The highest BCUT2D eigenvalue weighted by molar-refractivity contribution is 5.97. The molecule has 0 aromatic heterocycles. The quantitative estimate of drug-likeness (QED) is 0.816. The molecule has 5 heteroatoms. The molecular weight excluding hydrogens is 304 g/mol. The van der Waals surface area contributed by atoms with Crippen LogP contribution in [0.1, 0.15) is 55.8 Å². The number of ketones is 1. The third-order valence-corrected chi connectivity index (χ3v) is 4.93. The maximum absolute atomic E-state index is 12.4. The van der Waals surface area contributed by atoms with Crippen LogP contribution in [-0.2, 0) is 9.59 Å². The van der Waals surface area contributed by atoms with Gasteiger partial charge in [-0.3, -0.25) is 14.4 Å². The number of anilines is 1. The summed E-state index contributed by atoms with van der Waals surface area (Å²) in [7, 11) is 0. The van der Waals surface area contributed by atoms with Crippen molar-refractivity contribution in [1.29, 1.82) is 0 Å². The molecule has 2 saturated carbocycles. The second-order valence-electron chi connectivity index (χ2n) is 6.96. The van der Waals surface area contributed by atoms with Gasteiger partial charge in [-0.2, -0.15) is 0 Å². The molecule has 128 valence electrons. The Hall–Kier alpha value is -2.17. The Morgan fingerprint density at radius 2 is 1.54 bits per heavy atom. The molecule has 0 unspecified atom stereocenters. The van der Waals surface area contributed by atoms with Gasteiger partial charge in [0.25, 0.3) is 0 Å². The molecular formula is C19H24N2O3. The van der Waals surface area contributed by atoms with Crippen LogP contribution in [0.15, 0.2) is 24.3 Å². The van der Waals surface area contributed by atoms with Gasteiger partial charge in [-0.15, -0.1) is 0 Å². The molecule has 0 bridgehead atoms. The predicted molar refractivity (Wildman–Crippen MR) is 91.7 cm³/mol. The Bertz CT molecular complexity index is 644. The first-order valence-corrected chi connectivity index (χ1v) is 8.75. The number of nitrogens with one attached hydrogen (secondary N) is 2. The summed E-state index contributed by atoms with van der Waals surface area (Å²) in [5.74, 6) is 0.113. The summed E-state index contributed by atoms with van der Waals surface area (Å²) >= 11 is 0. The number of carbonyl (C=O) groups is 3. The van der Waals surface area contributed by atoms with Crippen LogP contribution in [0.5, 0.6) is 0 Å². The van der Waals surface area contributed by atoms with Crippen molar-refractivity contribution in [2.24, 2.45) is 11.8 Å². The van der Waals surface area contributed by atoms with Gasteiger partial charge in [0.1, 0.15) is 0 Å². The largest absolute Gasteiger partial charge is 0.353 e. The lowest BCUT2D eigenvalue weighted by atomic mass is 9.81. The zero-order valence-electron chi connectivity index (χ0n) is 14.0. The Labute approximate surface area is 142 Å². The molecule has 2 aliphatic carbocycles. The second kappa shape index (κ2) is 7.16. The summed E-state index contributed by atoms with van der Waals surface area (Å²) in [6.45, 7) is 1.51. The number of carbonyl (C=O) groups excluding carboxylic acids is 3. The van der Waals surface area contributed by atoms with Crippen LogP contribution in [0, 0.1) is 11.8 Å². The monoisotopic (exact) mass is 328 g/mol. The van der Waals surface area contributed by atoms with Crippen molar-refractivity contribution < 1.29 is 14.4 Å². The van der Waals surface area contributed by atoms with E-state index in [9.17, 15) is 14.4 Å². The first-order valence-electron chi connectivity index (χ1n) is 8.75. The molecule has 1 aromatic rings. The molecule has 2 amide bonds. The number of benzene rings is 1. The van der Waals surface area contributed by atoms with E-state index in [1.807, 2.05) is 0 Å². The molecule has 3 rings (SSSR count). The molecule has 0 saturated heterocycles. The molecule has 0 heterocycles. The van der Waals surface area contributed by atoms with E-state index >= 15 is 0 Å². The van der Waals surface area contributed by atoms with Gasteiger partial charge >= 0.3 is 0 Å². The average Bonchev–Trinajstić information content (AvgIpc) is 3.39. The van der Waals surface area contributed by atoms with Crippen LogP contribution in [-0.4, -0.2) is 23.6 Å². The van der Waals surface area contributed by atoms with E-state index in [-0.39, 0.29) is 29.4 Å². The summed E-state index contributed by atoms with van der Waals surface area (Å²) in [4.78, 5) is 35.9. The SMILES string of the molecule is CC(=O)c1cccc(NC(=O)C2CCC(C(=O)NC3CC3)CC2)c1. The molecule has 0 atom stereocenters. The fourth-order valence-corrected chi connectivity index (χ4v) is 3.22. The maximum atomic E-state index is 12.4. The van der Waals surface area contributed by atoms with E-state index in [2.05, 4.69) is 10.6 Å². The highest BCUT2D eigenvalue weighted by Gasteiger charge is 2.32. The molecule has 2 aliphatic rings. The third-order valence-electron chi connectivity index (χ3n) is 4.93. The lowest BCUT2D eigenvalue weighted by molar-refractivity contribution is -0.128. The number of hydrogen-bond donors (Lipinski definition) is 2. The van der Waals surface area contributed by atoms with Crippen LogP contribution in [0.25, 0.3) is 0 Å². The van der Waals surface area contributed by atoms with Crippen molar-refractivity contribution in [3.05, 3.63) is 29.8 Å². The minimum atomic E-state index is -0.0593. The van der Waals surface area contributed by atoms with Crippen LogP contribution in [0.4, 0.5) is 5.69 Å². The average molecular weight is 328 g/mol. The van der Waals surface area contributed by atoms with Crippen molar-refractivity contribution in [2.45, 2.75) is 51.5 Å². The Balaban J connectivity index is 1.50. The summed E-state index contributed by atoms with van der Waals surface area (Å²) < 4.78 is 0. The van der Waals surface area contributed by atoms with Crippen LogP contribution >= 0.6 is 0 Å². The topological polar surface area (TPSA) is 75.3 Å². The lowest BCUT2D eigenvalue weighted by Gasteiger charge is -2.27. The minimum absolute atomic E-state index is 0.0169. The zero-order chi connectivity index (χ0) is 17.1. The molecule has 24 heavy (non-hydrogen) atoms. The smallest absolute Gasteiger partial charge is 0.227 e. The summed E-state index contributed by atoms with van der Waals surface area (Å²) in [5, 5.41) is 5.95. The van der Waals surface area contributed by atoms with Crippen molar-refractivity contribution in [1.82, 2.24) is 5.32 Å². The van der Waals surface area contributed by atoms with Crippen LogP contribution in [0.2, 0.25) is 0 Å². The van der Waals surface area contributed by atoms with E-state index in [0.717, 1.165) is 38.5 Å². The van der Waals surface area contributed by atoms with Gasteiger partial charge in [0.2, 0.25) is 11.8 Å². The fourth-order valence-electron chi connectivity index (χ4n) is 3.22. The summed E-state index contributed by atoms with van der Waals surface area (Å²) in [5.41, 5.74) is 1.24. The number of rotatable bonds is 5. The number of amides is 2. The van der Waals surface area contributed by atoms with Gasteiger partial charge < -0.3 is 10.6 Å². The standard InChI is InChI=1S/C19H24N2O3/c1-12(22)15-3-2-4-17(11-15)21-19(24)14-7-5-13(6-8-14)18(23)20-16-9-10-16/h2-4,11,13-14,16H,5-10H2,1H3,(H,20,23)(H,21,24). The summed E-state index contributed by atoms with van der Waals surface area (Å²) in [6.07, 6.45) is 5.21. The van der Waals surface area contributed by atoms with Crippen LogP contribution in [0.3, 0.4) is 0 Å². The van der Waals surface area contributed by atoms with Crippen molar-refractivity contribution in [2.75, 3.05) is 5.32 Å². The maximum Gasteiger partial charge on any atom is 0.227 e. The van der Waals surface area contributed by atoms with E-state index in [4.69, 9.17) is 0 Å². The van der Waals surface area contributed by atoms with Crippen molar-refractivity contribution in [3.8, 4) is 0 Å². The van der Waals surface area contributed by atoms with Gasteiger partial charge in [0, 0.05) is 29.1 Å². The third kappa shape index (κ3) is 4.22. The van der Waals surface area contributed by atoms with E-state index in [0.29, 0.717) is 17.3 Å². The fraction of sp³-hybridized carbons (Fsp3) is 0.526. The first kappa shape index (κ1) is 16.7. The van der Waals surface area contributed by atoms with Crippen molar-refractivity contribution >= 4 is 23.3 Å². The molecule has 2 fully saturated rings.